The van der Waals surface area contributed by atoms with Crippen molar-refractivity contribution in [3.8, 4) is 5.75 Å². The second-order valence-electron chi connectivity index (χ2n) is 4.40. The number of amides is 1. The maximum Gasteiger partial charge on any atom is 0.254 e. The van der Waals surface area contributed by atoms with Gasteiger partial charge in [0.05, 0.1) is 11.6 Å². The molecule has 1 aliphatic rings. The van der Waals surface area contributed by atoms with Gasteiger partial charge in [-0.15, -0.1) is 0 Å². The number of benzene rings is 1. The summed E-state index contributed by atoms with van der Waals surface area (Å²) in [6.07, 6.45) is 3.07. The second kappa shape index (κ2) is 5.57. The summed E-state index contributed by atoms with van der Waals surface area (Å²) in [5.41, 5.74) is 2.05. The van der Waals surface area contributed by atoms with Crippen LogP contribution in [-0.2, 0) is 0 Å². The minimum atomic E-state index is 0.0714. The third-order valence-corrected chi connectivity index (χ3v) is 3.74. The van der Waals surface area contributed by atoms with Crippen LogP contribution in [0.4, 0.5) is 0 Å². The molecule has 0 fully saturated rings. The van der Waals surface area contributed by atoms with Crippen molar-refractivity contribution in [2.24, 2.45) is 0 Å². The number of hydrogen-bond donors (Lipinski definition) is 0. The Kier molecular flexibility index (Phi) is 4.07. The molecule has 18 heavy (non-hydrogen) atoms. The second-order valence-corrected chi connectivity index (χ2v) is 5.26. The Bertz CT molecular complexity index is 497. The largest absolute Gasteiger partial charge is 0.496 e. The normalized spacial score (nSPS) is 15.3. The molecule has 0 saturated heterocycles. The Labute approximate surface area is 116 Å². The zero-order chi connectivity index (χ0) is 13.1. The van der Waals surface area contributed by atoms with Crippen LogP contribution in [0.2, 0.25) is 0 Å². The molecule has 0 radical (unpaired) electrons. The average Bonchev–Trinajstić information content (AvgIpc) is 2.38. The molecule has 0 atom stereocenters. The number of carbonyl (C=O) groups excluding carboxylic acids is 1. The van der Waals surface area contributed by atoms with Gasteiger partial charge in [0.25, 0.3) is 5.91 Å². The van der Waals surface area contributed by atoms with Crippen LogP contribution in [0.25, 0.3) is 0 Å². The molecular formula is C14H16BrNO2. The highest BCUT2D eigenvalue weighted by atomic mass is 79.9. The number of rotatable bonds is 2. The smallest absolute Gasteiger partial charge is 0.254 e. The van der Waals surface area contributed by atoms with Crippen LogP contribution < -0.4 is 4.74 Å². The van der Waals surface area contributed by atoms with Crippen molar-refractivity contribution in [3.63, 3.8) is 0 Å². The van der Waals surface area contributed by atoms with Gasteiger partial charge in [-0.1, -0.05) is 11.6 Å². The van der Waals surface area contributed by atoms with Crippen molar-refractivity contribution in [3.05, 3.63) is 39.9 Å². The van der Waals surface area contributed by atoms with Crippen molar-refractivity contribution in [2.45, 2.75) is 13.3 Å². The van der Waals surface area contributed by atoms with Crippen LogP contribution in [0.3, 0.4) is 0 Å². The van der Waals surface area contributed by atoms with Gasteiger partial charge >= 0.3 is 0 Å². The third-order valence-electron chi connectivity index (χ3n) is 3.12. The standard InChI is InChI=1S/C14H16BrNO2/c1-10-5-7-16(8-6-10)14(17)11-3-4-13(18-2)12(15)9-11/h3-5,9H,6-8H2,1-2H3. The Balaban J connectivity index is 2.16. The van der Waals surface area contributed by atoms with Crippen LogP contribution in [0, 0.1) is 0 Å². The van der Waals surface area contributed by atoms with Gasteiger partial charge in [0.1, 0.15) is 5.75 Å². The summed E-state index contributed by atoms with van der Waals surface area (Å²) in [4.78, 5) is 14.2. The summed E-state index contributed by atoms with van der Waals surface area (Å²) in [6, 6.07) is 5.42. The lowest BCUT2D eigenvalue weighted by molar-refractivity contribution is 0.0769. The molecule has 1 heterocycles. The molecule has 1 amide bonds. The van der Waals surface area contributed by atoms with Crippen LogP contribution in [0.5, 0.6) is 5.75 Å². The van der Waals surface area contributed by atoms with Gasteiger partial charge in [0.15, 0.2) is 0 Å². The summed E-state index contributed by atoms with van der Waals surface area (Å²) >= 11 is 3.40. The van der Waals surface area contributed by atoms with E-state index in [1.165, 1.54) is 5.57 Å². The molecule has 1 aliphatic heterocycles. The third kappa shape index (κ3) is 2.75. The first-order valence-corrected chi connectivity index (χ1v) is 6.69. The highest BCUT2D eigenvalue weighted by Gasteiger charge is 2.18. The predicted octanol–water partition coefficient (Wildman–Crippen LogP) is 3.25. The first-order valence-electron chi connectivity index (χ1n) is 5.90. The zero-order valence-corrected chi connectivity index (χ0v) is 12.2. The highest BCUT2D eigenvalue weighted by molar-refractivity contribution is 9.10. The summed E-state index contributed by atoms with van der Waals surface area (Å²) in [7, 11) is 1.61. The van der Waals surface area contributed by atoms with E-state index in [2.05, 4.69) is 28.9 Å². The minimum Gasteiger partial charge on any atom is -0.496 e. The van der Waals surface area contributed by atoms with E-state index in [1.807, 2.05) is 17.0 Å². The molecule has 0 aromatic heterocycles. The number of hydrogen-bond acceptors (Lipinski definition) is 2. The SMILES string of the molecule is COc1ccc(C(=O)N2CC=C(C)CC2)cc1Br. The lowest BCUT2D eigenvalue weighted by Gasteiger charge is -2.25. The lowest BCUT2D eigenvalue weighted by atomic mass is 10.1. The first-order chi connectivity index (χ1) is 8.61. The van der Waals surface area contributed by atoms with Crippen LogP contribution in [0.1, 0.15) is 23.7 Å². The summed E-state index contributed by atoms with van der Waals surface area (Å²) in [6.45, 7) is 3.60. The quantitative estimate of drug-likeness (QED) is 0.785. The number of ether oxygens (including phenoxy) is 1. The van der Waals surface area contributed by atoms with Crippen LogP contribution in [-0.4, -0.2) is 31.0 Å². The molecule has 0 N–H and O–H groups in total. The monoisotopic (exact) mass is 309 g/mol. The van der Waals surface area contributed by atoms with Crippen LogP contribution in [0.15, 0.2) is 34.3 Å². The molecule has 0 unspecified atom stereocenters. The summed E-state index contributed by atoms with van der Waals surface area (Å²) in [5.74, 6) is 0.808. The molecule has 1 aromatic carbocycles. The van der Waals surface area contributed by atoms with E-state index >= 15 is 0 Å². The van der Waals surface area contributed by atoms with Gasteiger partial charge in [-0.3, -0.25) is 4.79 Å². The highest BCUT2D eigenvalue weighted by Crippen LogP contribution is 2.26. The van der Waals surface area contributed by atoms with E-state index in [0.717, 1.165) is 23.2 Å². The molecule has 2 rings (SSSR count). The van der Waals surface area contributed by atoms with E-state index in [9.17, 15) is 4.79 Å². The Morgan fingerprint density at radius 2 is 2.22 bits per heavy atom. The maximum atomic E-state index is 12.3. The molecule has 4 heteroatoms. The lowest BCUT2D eigenvalue weighted by Crippen LogP contribution is -2.34. The molecule has 0 bridgehead atoms. The Morgan fingerprint density at radius 1 is 1.44 bits per heavy atom. The molecule has 0 aliphatic carbocycles. The minimum absolute atomic E-state index is 0.0714. The fourth-order valence-corrected chi connectivity index (χ4v) is 2.48. The topological polar surface area (TPSA) is 29.5 Å². The van der Waals surface area contributed by atoms with Crippen molar-refractivity contribution >= 4 is 21.8 Å². The fraction of sp³-hybridized carbons (Fsp3) is 0.357. The first kappa shape index (κ1) is 13.1. The fourth-order valence-electron chi connectivity index (χ4n) is 1.94. The van der Waals surface area contributed by atoms with Gasteiger partial charge in [-0.05, 0) is 47.5 Å². The molecular weight excluding hydrogens is 294 g/mol. The van der Waals surface area contributed by atoms with Crippen molar-refractivity contribution in [2.75, 3.05) is 20.2 Å². The molecule has 1 aromatic rings. The average molecular weight is 310 g/mol. The van der Waals surface area contributed by atoms with Crippen LogP contribution >= 0.6 is 15.9 Å². The van der Waals surface area contributed by atoms with Gasteiger partial charge in [0.2, 0.25) is 0 Å². The Morgan fingerprint density at radius 3 is 2.78 bits per heavy atom. The van der Waals surface area contributed by atoms with E-state index in [1.54, 1.807) is 13.2 Å². The van der Waals surface area contributed by atoms with E-state index in [0.29, 0.717) is 12.1 Å². The van der Waals surface area contributed by atoms with E-state index in [4.69, 9.17) is 4.74 Å². The Hall–Kier alpha value is -1.29. The predicted molar refractivity (Wildman–Crippen MR) is 75.0 cm³/mol. The van der Waals surface area contributed by atoms with Crippen molar-refractivity contribution < 1.29 is 9.53 Å². The van der Waals surface area contributed by atoms with E-state index in [-0.39, 0.29) is 5.91 Å². The number of carbonyl (C=O) groups is 1. The van der Waals surface area contributed by atoms with Gasteiger partial charge < -0.3 is 9.64 Å². The molecule has 0 saturated carbocycles. The van der Waals surface area contributed by atoms with Gasteiger partial charge in [-0.2, -0.15) is 0 Å². The van der Waals surface area contributed by atoms with Gasteiger partial charge in [-0.25, -0.2) is 0 Å². The number of nitrogens with zero attached hydrogens (tertiary/aromatic N) is 1. The molecule has 96 valence electrons. The summed E-state index contributed by atoms with van der Waals surface area (Å²) in [5, 5.41) is 0. The molecule has 3 nitrogen and oxygen atoms in total. The van der Waals surface area contributed by atoms with Gasteiger partial charge in [0, 0.05) is 18.7 Å². The van der Waals surface area contributed by atoms with E-state index < -0.39 is 0 Å². The van der Waals surface area contributed by atoms with Crippen molar-refractivity contribution in [1.82, 2.24) is 4.90 Å². The summed E-state index contributed by atoms with van der Waals surface area (Å²) < 4.78 is 5.96. The number of halogens is 1. The number of methoxy groups -OCH3 is 1. The molecule has 0 spiro atoms. The van der Waals surface area contributed by atoms with Crippen molar-refractivity contribution in [1.29, 1.82) is 0 Å². The maximum absolute atomic E-state index is 12.3. The zero-order valence-electron chi connectivity index (χ0n) is 10.6.